The van der Waals surface area contributed by atoms with Gasteiger partial charge >= 0.3 is 5.97 Å². The number of aromatic nitrogens is 1. The van der Waals surface area contributed by atoms with Crippen LogP contribution in [0.5, 0.6) is 0 Å². The molecule has 0 fully saturated rings. The number of nitrogens with one attached hydrogen (secondary N) is 1. The summed E-state index contributed by atoms with van der Waals surface area (Å²) in [6.07, 6.45) is 1.72. The van der Waals surface area contributed by atoms with Crippen LogP contribution in [0.4, 0.5) is 5.69 Å². The molecule has 19 heavy (non-hydrogen) atoms. The van der Waals surface area contributed by atoms with Gasteiger partial charge in [-0.2, -0.15) is 0 Å². The van der Waals surface area contributed by atoms with Crippen molar-refractivity contribution in [3.63, 3.8) is 0 Å². The smallest absolute Gasteiger partial charge is 0.337 e. The van der Waals surface area contributed by atoms with Crippen molar-refractivity contribution >= 4 is 29.2 Å². The fourth-order valence-electron chi connectivity index (χ4n) is 1.70. The second kappa shape index (κ2) is 5.16. The summed E-state index contributed by atoms with van der Waals surface area (Å²) in [5, 5.41) is 11.8. The van der Waals surface area contributed by atoms with E-state index < -0.39 is 11.9 Å². The van der Waals surface area contributed by atoms with Gasteiger partial charge in [0.15, 0.2) is 0 Å². The van der Waals surface area contributed by atoms with E-state index in [4.69, 9.17) is 16.7 Å². The van der Waals surface area contributed by atoms with Crippen molar-refractivity contribution in [2.24, 2.45) is 7.05 Å². The van der Waals surface area contributed by atoms with Crippen LogP contribution in [0, 0.1) is 0 Å². The van der Waals surface area contributed by atoms with E-state index in [-0.39, 0.29) is 16.3 Å². The van der Waals surface area contributed by atoms with Crippen molar-refractivity contribution in [3.8, 4) is 0 Å². The van der Waals surface area contributed by atoms with Gasteiger partial charge in [-0.25, -0.2) is 4.79 Å². The van der Waals surface area contributed by atoms with E-state index in [1.165, 1.54) is 18.2 Å². The molecule has 1 heterocycles. The number of amides is 1. The first kappa shape index (κ1) is 13.2. The number of para-hydroxylation sites is 1. The molecule has 0 unspecified atom stereocenters. The molecule has 1 aromatic carbocycles. The largest absolute Gasteiger partial charge is 0.478 e. The lowest BCUT2D eigenvalue weighted by atomic mass is 10.1. The minimum atomic E-state index is -1.15. The van der Waals surface area contributed by atoms with Gasteiger partial charge in [0.05, 0.1) is 16.3 Å². The topological polar surface area (TPSA) is 71.3 Å². The lowest BCUT2D eigenvalue weighted by molar-refractivity contribution is 0.0698. The van der Waals surface area contributed by atoms with Gasteiger partial charge in [-0.05, 0) is 24.3 Å². The first-order chi connectivity index (χ1) is 9.00. The molecule has 0 aliphatic carbocycles. The van der Waals surface area contributed by atoms with Crippen LogP contribution in [0.1, 0.15) is 20.8 Å². The SMILES string of the molecule is Cn1cccc1C(=O)Nc1c(Cl)cccc1C(=O)O. The molecule has 5 nitrogen and oxygen atoms in total. The highest BCUT2D eigenvalue weighted by Crippen LogP contribution is 2.26. The van der Waals surface area contributed by atoms with Crippen molar-refractivity contribution < 1.29 is 14.7 Å². The number of aromatic carboxylic acids is 1. The molecule has 2 N–H and O–H groups in total. The summed E-state index contributed by atoms with van der Waals surface area (Å²) in [5.41, 5.74) is 0.467. The third-order valence-corrected chi connectivity index (χ3v) is 2.97. The van der Waals surface area contributed by atoms with Crippen molar-refractivity contribution in [1.29, 1.82) is 0 Å². The van der Waals surface area contributed by atoms with Gasteiger partial charge in [-0.3, -0.25) is 4.79 Å². The van der Waals surface area contributed by atoms with Crippen molar-refractivity contribution in [2.45, 2.75) is 0 Å². The molecule has 0 bridgehead atoms. The van der Waals surface area contributed by atoms with Gasteiger partial charge < -0.3 is 15.0 Å². The number of carbonyl (C=O) groups excluding carboxylic acids is 1. The van der Waals surface area contributed by atoms with Crippen molar-refractivity contribution in [1.82, 2.24) is 4.57 Å². The molecular weight excluding hydrogens is 268 g/mol. The minimum Gasteiger partial charge on any atom is -0.478 e. The minimum absolute atomic E-state index is 0.0462. The Morgan fingerprint density at radius 3 is 2.58 bits per heavy atom. The maximum atomic E-state index is 12.0. The first-order valence-electron chi connectivity index (χ1n) is 5.45. The molecule has 0 radical (unpaired) electrons. The summed E-state index contributed by atoms with van der Waals surface area (Å²) in [7, 11) is 1.72. The van der Waals surface area contributed by atoms with Gasteiger partial charge in [0.25, 0.3) is 5.91 Å². The Labute approximate surface area is 114 Å². The quantitative estimate of drug-likeness (QED) is 0.906. The standard InChI is InChI=1S/C13H11ClN2O3/c1-16-7-3-6-10(16)12(17)15-11-8(13(18)19)4-2-5-9(11)14/h2-7H,1H3,(H,15,17)(H,18,19). The lowest BCUT2D eigenvalue weighted by Crippen LogP contribution is -2.17. The van der Waals surface area contributed by atoms with E-state index >= 15 is 0 Å². The highest BCUT2D eigenvalue weighted by Gasteiger charge is 2.17. The highest BCUT2D eigenvalue weighted by molar-refractivity contribution is 6.34. The number of anilines is 1. The van der Waals surface area contributed by atoms with E-state index in [0.717, 1.165) is 0 Å². The van der Waals surface area contributed by atoms with Gasteiger partial charge in [-0.1, -0.05) is 17.7 Å². The third-order valence-electron chi connectivity index (χ3n) is 2.66. The zero-order valence-corrected chi connectivity index (χ0v) is 10.8. The number of hydrogen-bond donors (Lipinski definition) is 2. The third kappa shape index (κ3) is 2.61. The molecule has 6 heteroatoms. The summed E-state index contributed by atoms with van der Waals surface area (Å²) in [4.78, 5) is 23.1. The van der Waals surface area contributed by atoms with Crippen LogP contribution in [0.25, 0.3) is 0 Å². The first-order valence-corrected chi connectivity index (χ1v) is 5.83. The Balaban J connectivity index is 2.36. The zero-order chi connectivity index (χ0) is 14.0. The lowest BCUT2D eigenvalue weighted by Gasteiger charge is -2.10. The molecule has 0 saturated heterocycles. The molecular formula is C13H11ClN2O3. The highest BCUT2D eigenvalue weighted by atomic mass is 35.5. The maximum Gasteiger partial charge on any atom is 0.337 e. The molecule has 0 atom stereocenters. The van der Waals surface area contributed by atoms with Crippen molar-refractivity contribution in [2.75, 3.05) is 5.32 Å². The second-order valence-corrected chi connectivity index (χ2v) is 4.33. The van der Waals surface area contributed by atoms with E-state index in [0.29, 0.717) is 5.69 Å². The number of hydrogen-bond acceptors (Lipinski definition) is 2. The van der Waals surface area contributed by atoms with E-state index in [9.17, 15) is 9.59 Å². The fourth-order valence-corrected chi connectivity index (χ4v) is 1.93. The average Bonchev–Trinajstić information content (AvgIpc) is 2.77. The van der Waals surface area contributed by atoms with E-state index in [1.807, 2.05) is 0 Å². The summed E-state index contributed by atoms with van der Waals surface area (Å²) in [6, 6.07) is 7.78. The summed E-state index contributed by atoms with van der Waals surface area (Å²) in [5.74, 6) is -1.56. The number of carboxylic acid groups (broad SMARTS) is 1. The monoisotopic (exact) mass is 278 g/mol. The number of rotatable bonds is 3. The number of carboxylic acids is 1. The summed E-state index contributed by atoms with van der Waals surface area (Å²) < 4.78 is 1.63. The number of benzene rings is 1. The Morgan fingerprint density at radius 1 is 1.26 bits per heavy atom. The number of carbonyl (C=O) groups is 2. The molecule has 2 aromatic rings. The summed E-state index contributed by atoms with van der Waals surface area (Å²) in [6.45, 7) is 0. The molecule has 1 amide bonds. The van der Waals surface area contributed by atoms with Crippen LogP contribution >= 0.6 is 11.6 Å². The van der Waals surface area contributed by atoms with Crippen LogP contribution in [0.2, 0.25) is 5.02 Å². The number of aryl methyl sites for hydroxylation is 1. The van der Waals surface area contributed by atoms with Crippen LogP contribution in [-0.4, -0.2) is 21.6 Å². The Hall–Kier alpha value is -2.27. The van der Waals surface area contributed by atoms with Gasteiger partial charge in [0, 0.05) is 13.2 Å². The summed E-state index contributed by atoms with van der Waals surface area (Å²) >= 11 is 5.93. The molecule has 98 valence electrons. The fraction of sp³-hybridized carbons (Fsp3) is 0.0769. The van der Waals surface area contributed by atoms with Gasteiger partial charge in [0.1, 0.15) is 5.69 Å². The van der Waals surface area contributed by atoms with Crippen LogP contribution in [-0.2, 0) is 7.05 Å². The van der Waals surface area contributed by atoms with Crippen molar-refractivity contribution in [3.05, 3.63) is 52.8 Å². The molecule has 0 spiro atoms. The molecule has 0 saturated carbocycles. The van der Waals surface area contributed by atoms with Crippen LogP contribution in [0.3, 0.4) is 0 Å². The number of halogens is 1. The normalized spacial score (nSPS) is 10.2. The van der Waals surface area contributed by atoms with E-state index in [1.54, 1.807) is 29.9 Å². The Morgan fingerprint density at radius 2 is 2.00 bits per heavy atom. The zero-order valence-electron chi connectivity index (χ0n) is 10.1. The van der Waals surface area contributed by atoms with Gasteiger partial charge in [0.2, 0.25) is 0 Å². The predicted octanol–water partition coefficient (Wildman–Crippen LogP) is 2.63. The Kier molecular flexibility index (Phi) is 3.57. The molecule has 0 aliphatic heterocycles. The van der Waals surface area contributed by atoms with Crippen LogP contribution in [0.15, 0.2) is 36.5 Å². The number of nitrogens with zero attached hydrogens (tertiary/aromatic N) is 1. The molecule has 0 aliphatic rings. The molecule has 2 rings (SSSR count). The maximum absolute atomic E-state index is 12.0. The predicted molar refractivity (Wildman–Crippen MR) is 71.8 cm³/mol. The Bertz CT molecular complexity index is 649. The average molecular weight is 279 g/mol. The van der Waals surface area contributed by atoms with Crippen LogP contribution < -0.4 is 5.32 Å². The van der Waals surface area contributed by atoms with Gasteiger partial charge in [-0.15, -0.1) is 0 Å². The second-order valence-electron chi connectivity index (χ2n) is 3.93. The van der Waals surface area contributed by atoms with E-state index in [2.05, 4.69) is 5.32 Å². The molecule has 1 aromatic heterocycles.